The van der Waals surface area contributed by atoms with Crippen LogP contribution in [-0.2, 0) is 0 Å². The molecule has 0 saturated carbocycles. The predicted octanol–water partition coefficient (Wildman–Crippen LogP) is 1.71. The van der Waals surface area contributed by atoms with Gasteiger partial charge in [-0.3, -0.25) is 9.80 Å². The van der Waals surface area contributed by atoms with E-state index in [0.29, 0.717) is 6.04 Å². The summed E-state index contributed by atoms with van der Waals surface area (Å²) in [6.45, 7) is 11.9. The molecule has 3 nitrogen and oxygen atoms in total. The Balaban J connectivity index is 1.57. The molecule has 2 aliphatic rings. The molecule has 0 aliphatic carbocycles. The van der Waals surface area contributed by atoms with Crippen LogP contribution in [0.3, 0.4) is 0 Å². The second-order valence-electron chi connectivity index (χ2n) is 5.53. The fraction of sp³-hybridized carbons (Fsp3) is 0.714. The molecule has 2 saturated heterocycles. The van der Waals surface area contributed by atoms with Gasteiger partial charge in [0.2, 0.25) is 0 Å². The Morgan fingerprint density at radius 3 is 2.50 bits per heavy atom. The van der Waals surface area contributed by atoms with Gasteiger partial charge in [-0.05, 0) is 30.9 Å². The van der Waals surface area contributed by atoms with Crippen molar-refractivity contribution >= 4 is 11.3 Å². The molecule has 2 fully saturated rings. The molecule has 4 heteroatoms. The summed E-state index contributed by atoms with van der Waals surface area (Å²) in [6.07, 6.45) is 0. The number of thiophene rings is 1. The Kier molecular flexibility index (Phi) is 3.71. The summed E-state index contributed by atoms with van der Waals surface area (Å²) in [6, 6.07) is 3.64. The maximum Gasteiger partial charge on any atom is 0.0417 e. The molecule has 2 aliphatic heterocycles. The number of piperazine rings is 1. The average molecular weight is 265 g/mol. The molecule has 1 atom stereocenters. The van der Waals surface area contributed by atoms with Crippen molar-refractivity contribution in [2.24, 2.45) is 0 Å². The molecule has 0 bridgehead atoms. The molecular weight excluding hydrogens is 242 g/mol. The first-order valence-corrected chi connectivity index (χ1v) is 7.86. The van der Waals surface area contributed by atoms with Gasteiger partial charge in [0.1, 0.15) is 0 Å². The fourth-order valence-electron chi connectivity index (χ4n) is 3.00. The zero-order chi connectivity index (χ0) is 12.5. The summed E-state index contributed by atoms with van der Waals surface area (Å²) in [5.41, 5.74) is 1.46. The third-order valence-corrected chi connectivity index (χ3v) is 5.64. The normalized spacial score (nSPS) is 25.0. The highest BCUT2D eigenvalue weighted by Gasteiger charge is 2.29. The van der Waals surface area contributed by atoms with Crippen LogP contribution >= 0.6 is 11.3 Å². The smallest absolute Gasteiger partial charge is 0.0417 e. The van der Waals surface area contributed by atoms with Crippen LogP contribution in [0.15, 0.2) is 11.4 Å². The van der Waals surface area contributed by atoms with Crippen LogP contribution in [0.4, 0.5) is 0 Å². The molecule has 100 valence electrons. The van der Waals surface area contributed by atoms with Crippen molar-refractivity contribution in [2.75, 3.05) is 39.3 Å². The highest BCUT2D eigenvalue weighted by molar-refractivity contribution is 7.10. The minimum Gasteiger partial charge on any atom is -0.314 e. The Morgan fingerprint density at radius 2 is 2.00 bits per heavy atom. The summed E-state index contributed by atoms with van der Waals surface area (Å²) >= 11 is 1.91. The maximum atomic E-state index is 3.37. The molecule has 1 unspecified atom stereocenters. The lowest BCUT2D eigenvalue weighted by Gasteiger charge is -2.44. The number of hydrogen-bond donors (Lipinski definition) is 1. The summed E-state index contributed by atoms with van der Waals surface area (Å²) in [5, 5.41) is 5.59. The van der Waals surface area contributed by atoms with E-state index in [9.17, 15) is 0 Å². The SMILES string of the molecule is Cc1ccsc1C(C)N1CCN(C2CNC2)CC1. The van der Waals surface area contributed by atoms with E-state index in [2.05, 4.69) is 40.4 Å². The highest BCUT2D eigenvalue weighted by Crippen LogP contribution is 2.29. The zero-order valence-electron chi connectivity index (χ0n) is 11.4. The highest BCUT2D eigenvalue weighted by atomic mass is 32.1. The molecule has 1 aromatic rings. The van der Waals surface area contributed by atoms with Crippen molar-refractivity contribution in [3.63, 3.8) is 0 Å². The average Bonchev–Trinajstić information content (AvgIpc) is 2.73. The van der Waals surface area contributed by atoms with E-state index in [1.807, 2.05) is 11.3 Å². The first kappa shape index (κ1) is 12.6. The van der Waals surface area contributed by atoms with E-state index in [-0.39, 0.29) is 0 Å². The molecule has 3 rings (SSSR count). The van der Waals surface area contributed by atoms with Gasteiger partial charge >= 0.3 is 0 Å². The van der Waals surface area contributed by atoms with Crippen LogP contribution in [0.1, 0.15) is 23.4 Å². The Labute approximate surface area is 114 Å². The maximum absolute atomic E-state index is 3.37. The summed E-state index contributed by atoms with van der Waals surface area (Å²) < 4.78 is 0. The Hall–Kier alpha value is -0.420. The molecule has 0 radical (unpaired) electrons. The number of nitrogens with one attached hydrogen (secondary N) is 1. The van der Waals surface area contributed by atoms with Gasteiger partial charge in [0.05, 0.1) is 0 Å². The van der Waals surface area contributed by atoms with E-state index in [1.54, 1.807) is 4.88 Å². The lowest BCUT2D eigenvalue weighted by Crippen LogP contribution is -2.61. The van der Waals surface area contributed by atoms with Crippen LogP contribution < -0.4 is 5.32 Å². The van der Waals surface area contributed by atoms with Gasteiger partial charge in [-0.25, -0.2) is 0 Å². The van der Waals surface area contributed by atoms with Crippen molar-refractivity contribution in [2.45, 2.75) is 25.9 Å². The number of aryl methyl sites for hydroxylation is 1. The predicted molar refractivity (Wildman–Crippen MR) is 77.3 cm³/mol. The molecule has 1 N–H and O–H groups in total. The number of hydrogen-bond acceptors (Lipinski definition) is 4. The minimum atomic E-state index is 0.590. The largest absolute Gasteiger partial charge is 0.314 e. The van der Waals surface area contributed by atoms with Gasteiger partial charge in [0.15, 0.2) is 0 Å². The van der Waals surface area contributed by atoms with Crippen molar-refractivity contribution in [3.05, 3.63) is 21.9 Å². The standard InChI is InChI=1S/C14H23N3S/c1-11-3-8-18-14(11)12(2)16-4-6-17(7-5-16)13-9-15-10-13/h3,8,12-13,15H,4-7,9-10H2,1-2H3. The van der Waals surface area contributed by atoms with E-state index in [0.717, 1.165) is 6.04 Å². The Morgan fingerprint density at radius 1 is 1.28 bits per heavy atom. The van der Waals surface area contributed by atoms with Gasteiger partial charge in [-0.2, -0.15) is 0 Å². The van der Waals surface area contributed by atoms with E-state index in [1.165, 1.54) is 44.8 Å². The van der Waals surface area contributed by atoms with Crippen molar-refractivity contribution < 1.29 is 0 Å². The lowest BCUT2D eigenvalue weighted by atomic mass is 10.1. The monoisotopic (exact) mass is 265 g/mol. The van der Waals surface area contributed by atoms with Gasteiger partial charge in [-0.1, -0.05) is 0 Å². The molecular formula is C14H23N3S. The van der Waals surface area contributed by atoms with Crippen LogP contribution in [-0.4, -0.2) is 55.1 Å². The van der Waals surface area contributed by atoms with E-state index >= 15 is 0 Å². The third-order valence-electron chi connectivity index (χ3n) is 4.45. The second-order valence-corrected chi connectivity index (χ2v) is 6.48. The third kappa shape index (κ3) is 2.35. The summed E-state index contributed by atoms with van der Waals surface area (Å²) in [7, 11) is 0. The molecule has 0 spiro atoms. The van der Waals surface area contributed by atoms with Crippen molar-refractivity contribution in [1.29, 1.82) is 0 Å². The summed E-state index contributed by atoms with van der Waals surface area (Å²) in [5.74, 6) is 0. The quantitative estimate of drug-likeness (QED) is 0.897. The molecule has 18 heavy (non-hydrogen) atoms. The first-order valence-electron chi connectivity index (χ1n) is 6.98. The minimum absolute atomic E-state index is 0.590. The molecule has 1 aromatic heterocycles. The van der Waals surface area contributed by atoms with Gasteiger partial charge in [0, 0.05) is 56.2 Å². The molecule has 0 aromatic carbocycles. The first-order chi connectivity index (χ1) is 8.75. The van der Waals surface area contributed by atoms with Gasteiger partial charge in [-0.15, -0.1) is 11.3 Å². The second kappa shape index (κ2) is 5.29. The van der Waals surface area contributed by atoms with Gasteiger partial charge in [0.25, 0.3) is 0 Å². The lowest BCUT2D eigenvalue weighted by molar-refractivity contribution is 0.0558. The van der Waals surface area contributed by atoms with Crippen molar-refractivity contribution in [3.8, 4) is 0 Å². The van der Waals surface area contributed by atoms with Crippen LogP contribution in [0.5, 0.6) is 0 Å². The van der Waals surface area contributed by atoms with Crippen LogP contribution in [0, 0.1) is 6.92 Å². The van der Waals surface area contributed by atoms with Crippen LogP contribution in [0.25, 0.3) is 0 Å². The topological polar surface area (TPSA) is 18.5 Å². The summed E-state index contributed by atoms with van der Waals surface area (Å²) in [4.78, 5) is 6.84. The van der Waals surface area contributed by atoms with Crippen LogP contribution in [0.2, 0.25) is 0 Å². The molecule has 0 amide bonds. The van der Waals surface area contributed by atoms with E-state index in [4.69, 9.17) is 0 Å². The Bertz CT molecular complexity index is 391. The van der Waals surface area contributed by atoms with Crippen molar-refractivity contribution in [1.82, 2.24) is 15.1 Å². The number of nitrogens with zero attached hydrogens (tertiary/aromatic N) is 2. The molecule has 3 heterocycles. The van der Waals surface area contributed by atoms with E-state index < -0.39 is 0 Å². The fourth-order valence-corrected chi connectivity index (χ4v) is 4.02. The van der Waals surface area contributed by atoms with Gasteiger partial charge < -0.3 is 5.32 Å². The number of rotatable bonds is 3. The zero-order valence-corrected chi connectivity index (χ0v) is 12.2.